The summed E-state index contributed by atoms with van der Waals surface area (Å²) in [6.07, 6.45) is 2.05. The van der Waals surface area contributed by atoms with Crippen LogP contribution in [0.4, 0.5) is 0 Å². The van der Waals surface area contributed by atoms with Crippen molar-refractivity contribution in [1.29, 1.82) is 0 Å². The van der Waals surface area contributed by atoms with Crippen LogP contribution in [-0.4, -0.2) is 19.2 Å². The van der Waals surface area contributed by atoms with Gasteiger partial charge in [0.05, 0.1) is 13.2 Å². The second kappa shape index (κ2) is 7.04. The maximum absolute atomic E-state index is 11.9. The van der Waals surface area contributed by atoms with Crippen LogP contribution in [0.3, 0.4) is 0 Å². The summed E-state index contributed by atoms with van der Waals surface area (Å²) in [5.41, 5.74) is 2.55. The third kappa shape index (κ3) is 3.76. The monoisotopic (exact) mass is 250 g/mol. The Kier molecular flexibility index (Phi) is 5.69. The molecule has 3 heteroatoms. The first-order valence-electron chi connectivity index (χ1n) is 6.51. The van der Waals surface area contributed by atoms with Gasteiger partial charge in [-0.25, -0.2) is 4.79 Å². The van der Waals surface area contributed by atoms with Crippen molar-refractivity contribution in [3.63, 3.8) is 0 Å². The Labute approximate surface area is 109 Å². The topological polar surface area (TPSA) is 35.5 Å². The maximum Gasteiger partial charge on any atom is 0.341 e. The summed E-state index contributed by atoms with van der Waals surface area (Å²) in [7, 11) is 0. The minimum Gasteiger partial charge on any atom is -0.492 e. The molecule has 0 heterocycles. The van der Waals surface area contributed by atoms with Crippen molar-refractivity contribution in [2.24, 2.45) is 0 Å². The molecular formula is C15H22O3. The fourth-order valence-electron chi connectivity index (χ4n) is 1.82. The van der Waals surface area contributed by atoms with Crippen LogP contribution in [0.15, 0.2) is 12.1 Å². The van der Waals surface area contributed by atoms with E-state index in [4.69, 9.17) is 9.47 Å². The molecule has 0 saturated heterocycles. The summed E-state index contributed by atoms with van der Waals surface area (Å²) < 4.78 is 10.8. The highest BCUT2D eigenvalue weighted by atomic mass is 16.5. The van der Waals surface area contributed by atoms with Gasteiger partial charge in [0.1, 0.15) is 11.3 Å². The van der Waals surface area contributed by atoms with Gasteiger partial charge in [0.15, 0.2) is 0 Å². The smallest absolute Gasteiger partial charge is 0.341 e. The van der Waals surface area contributed by atoms with E-state index >= 15 is 0 Å². The van der Waals surface area contributed by atoms with Crippen LogP contribution in [0, 0.1) is 13.8 Å². The van der Waals surface area contributed by atoms with Crippen LogP contribution in [-0.2, 0) is 4.74 Å². The Bertz CT molecular complexity index is 410. The number of benzene rings is 1. The molecule has 1 aromatic rings. The van der Waals surface area contributed by atoms with E-state index in [1.807, 2.05) is 26.0 Å². The van der Waals surface area contributed by atoms with Crippen LogP contribution in [0.25, 0.3) is 0 Å². The second-order valence-electron chi connectivity index (χ2n) is 4.38. The molecule has 0 aliphatic rings. The maximum atomic E-state index is 11.9. The fourth-order valence-corrected chi connectivity index (χ4v) is 1.82. The zero-order valence-electron chi connectivity index (χ0n) is 11.7. The van der Waals surface area contributed by atoms with Crippen LogP contribution in [0.2, 0.25) is 0 Å². The van der Waals surface area contributed by atoms with E-state index < -0.39 is 0 Å². The number of carbonyl (C=O) groups excluding carboxylic acids is 1. The number of unbranched alkanes of at least 4 members (excludes halogenated alkanes) is 1. The Morgan fingerprint density at radius 2 is 1.94 bits per heavy atom. The molecule has 100 valence electrons. The van der Waals surface area contributed by atoms with E-state index in [0.29, 0.717) is 24.5 Å². The molecule has 0 aromatic heterocycles. The SMILES string of the molecule is CCCCOc1c(C)cc(C)cc1C(=O)OCC. The Balaban J connectivity index is 3.00. The number of esters is 1. The molecule has 0 unspecified atom stereocenters. The summed E-state index contributed by atoms with van der Waals surface area (Å²) >= 11 is 0. The van der Waals surface area contributed by atoms with E-state index in [-0.39, 0.29) is 5.97 Å². The third-order valence-corrected chi connectivity index (χ3v) is 2.66. The lowest BCUT2D eigenvalue weighted by Gasteiger charge is -2.14. The van der Waals surface area contributed by atoms with Crippen molar-refractivity contribution >= 4 is 5.97 Å². The van der Waals surface area contributed by atoms with Crippen molar-refractivity contribution in [2.45, 2.75) is 40.5 Å². The average Bonchev–Trinajstić information content (AvgIpc) is 2.31. The first kappa shape index (κ1) is 14.6. The number of hydrogen-bond donors (Lipinski definition) is 0. The number of carbonyl (C=O) groups is 1. The Hall–Kier alpha value is -1.51. The van der Waals surface area contributed by atoms with Gasteiger partial charge in [-0.3, -0.25) is 0 Å². The molecule has 0 amide bonds. The molecule has 0 spiro atoms. The molecule has 0 fully saturated rings. The molecule has 0 aliphatic heterocycles. The lowest BCUT2D eigenvalue weighted by atomic mass is 10.1. The summed E-state index contributed by atoms with van der Waals surface area (Å²) in [4.78, 5) is 11.9. The fraction of sp³-hybridized carbons (Fsp3) is 0.533. The van der Waals surface area contributed by atoms with E-state index in [0.717, 1.165) is 24.0 Å². The van der Waals surface area contributed by atoms with Gasteiger partial charge in [0.2, 0.25) is 0 Å². The highest BCUT2D eigenvalue weighted by Gasteiger charge is 2.16. The van der Waals surface area contributed by atoms with Gasteiger partial charge in [-0.15, -0.1) is 0 Å². The largest absolute Gasteiger partial charge is 0.492 e. The van der Waals surface area contributed by atoms with Gasteiger partial charge in [0, 0.05) is 0 Å². The standard InChI is InChI=1S/C15H22O3/c1-5-7-8-18-14-12(4)9-11(3)10-13(14)15(16)17-6-2/h9-10H,5-8H2,1-4H3. The second-order valence-corrected chi connectivity index (χ2v) is 4.38. The highest BCUT2D eigenvalue weighted by molar-refractivity contribution is 5.93. The molecule has 0 saturated carbocycles. The van der Waals surface area contributed by atoms with Crippen LogP contribution < -0.4 is 4.74 Å². The molecule has 0 aliphatic carbocycles. The predicted octanol–water partition coefficient (Wildman–Crippen LogP) is 3.66. The minimum absolute atomic E-state index is 0.309. The first-order valence-corrected chi connectivity index (χ1v) is 6.51. The van der Waals surface area contributed by atoms with Crippen LogP contribution >= 0.6 is 0 Å². The van der Waals surface area contributed by atoms with Crippen molar-refractivity contribution in [3.05, 3.63) is 28.8 Å². The Morgan fingerprint density at radius 3 is 2.56 bits per heavy atom. The summed E-state index contributed by atoms with van der Waals surface area (Å²) in [6.45, 7) is 8.84. The Morgan fingerprint density at radius 1 is 1.22 bits per heavy atom. The highest BCUT2D eigenvalue weighted by Crippen LogP contribution is 2.26. The lowest BCUT2D eigenvalue weighted by Crippen LogP contribution is -2.10. The summed E-state index contributed by atoms with van der Waals surface area (Å²) in [6, 6.07) is 3.84. The molecular weight excluding hydrogens is 228 g/mol. The van der Waals surface area contributed by atoms with Gasteiger partial charge in [-0.2, -0.15) is 0 Å². The number of hydrogen-bond acceptors (Lipinski definition) is 3. The van der Waals surface area contributed by atoms with Gasteiger partial charge in [-0.1, -0.05) is 19.4 Å². The van der Waals surface area contributed by atoms with Gasteiger partial charge in [-0.05, 0) is 44.4 Å². The van der Waals surface area contributed by atoms with Crippen molar-refractivity contribution in [3.8, 4) is 5.75 Å². The first-order chi connectivity index (χ1) is 8.60. The van der Waals surface area contributed by atoms with Crippen molar-refractivity contribution < 1.29 is 14.3 Å². The molecule has 0 N–H and O–H groups in total. The molecule has 0 radical (unpaired) electrons. The number of aryl methyl sites for hydroxylation is 2. The normalized spacial score (nSPS) is 10.2. The molecule has 18 heavy (non-hydrogen) atoms. The van der Waals surface area contributed by atoms with Gasteiger partial charge >= 0.3 is 5.97 Å². The van der Waals surface area contributed by atoms with Crippen molar-refractivity contribution in [2.75, 3.05) is 13.2 Å². The number of rotatable bonds is 6. The molecule has 0 atom stereocenters. The predicted molar refractivity (Wildman–Crippen MR) is 72.3 cm³/mol. The van der Waals surface area contributed by atoms with E-state index in [9.17, 15) is 4.79 Å². The van der Waals surface area contributed by atoms with E-state index in [2.05, 4.69) is 6.92 Å². The zero-order chi connectivity index (χ0) is 13.5. The van der Waals surface area contributed by atoms with Crippen LogP contribution in [0.5, 0.6) is 5.75 Å². The van der Waals surface area contributed by atoms with Gasteiger partial charge in [0.25, 0.3) is 0 Å². The minimum atomic E-state index is -0.309. The molecule has 0 bridgehead atoms. The summed E-state index contributed by atoms with van der Waals surface area (Å²) in [5, 5.41) is 0. The summed E-state index contributed by atoms with van der Waals surface area (Å²) in [5.74, 6) is 0.350. The molecule has 3 nitrogen and oxygen atoms in total. The lowest BCUT2D eigenvalue weighted by molar-refractivity contribution is 0.0521. The van der Waals surface area contributed by atoms with E-state index in [1.54, 1.807) is 6.92 Å². The number of ether oxygens (including phenoxy) is 2. The molecule has 1 rings (SSSR count). The third-order valence-electron chi connectivity index (χ3n) is 2.66. The molecule has 1 aromatic carbocycles. The van der Waals surface area contributed by atoms with E-state index in [1.165, 1.54) is 0 Å². The van der Waals surface area contributed by atoms with Crippen LogP contribution in [0.1, 0.15) is 48.2 Å². The zero-order valence-corrected chi connectivity index (χ0v) is 11.7. The quantitative estimate of drug-likeness (QED) is 0.571. The van der Waals surface area contributed by atoms with Crippen molar-refractivity contribution in [1.82, 2.24) is 0 Å². The average molecular weight is 250 g/mol. The van der Waals surface area contributed by atoms with Gasteiger partial charge < -0.3 is 9.47 Å².